The molecule has 0 amide bonds. The van der Waals surface area contributed by atoms with Crippen molar-refractivity contribution in [3.05, 3.63) is 53.8 Å². The summed E-state index contributed by atoms with van der Waals surface area (Å²) in [5, 5.41) is 9.36. The van der Waals surface area contributed by atoms with Crippen molar-refractivity contribution in [3.8, 4) is 16.9 Å². The fraction of sp³-hybridized carbons (Fsp3) is 0.200. The molecule has 1 aliphatic rings. The van der Waals surface area contributed by atoms with E-state index < -0.39 is 5.82 Å². The van der Waals surface area contributed by atoms with Crippen molar-refractivity contribution < 1.29 is 9.50 Å². The van der Waals surface area contributed by atoms with E-state index >= 15 is 0 Å². The number of nitrogens with two attached hydrogens (primary N) is 1. The number of halogens is 2. The zero-order chi connectivity index (χ0) is 12.7. The molecule has 2 aromatic carbocycles. The van der Waals surface area contributed by atoms with Crippen molar-refractivity contribution in [1.29, 1.82) is 0 Å². The molecule has 0 spiro atoms. The van der Waals surface area contributed by atoms with Gasteiger partial charge in [-0.25, -0.2) is 4.39 Å². The van der Waals surface area contributed by atoms with E-state index in [-0.39, 0.29) is 18.2 Å². The molecular weight excluding hydrogens is 265 g/mol. The number of hydrogen-bond acceptors (Lipinski definition) is 2. The van der Waals surface area contributed by atoms with E-state index in [1.807, 2.05) is 24.3 Å². The van der Waals surface area contributed by atoms with Gasteiger partial charge >= 0.3 is 0 Å². The molecule has 0 unspecified atom stereocenters. The Bertz CT molecular complexity index is 585. The van der Waals surface area contributed by atoms with Crippen LogP contribution in [0.3, 0.4) is 0 Å². The lowest BCUT2D eigenvalue weighted by Gasteiger charge is -2.05. The van der Waals surface area contributed by atoms with Crippen molar-refractivity contribution in [2.45, 2.75) is 18.4 Å². The smallest absolute Gasteiger partial charge is 0.164 e. The van der Waals surface area contributed by atoms with Gasteiger partial charge in [0, 0.05) is 12.0 Å². The van der Waals surface area contributed by atoms with Crippen molar-refractivity contribution in [1.82, 2.24) is 0 Å². The molecule has 0 aliphatic heterocycles. The minimum absolute atomic E-state index is 0. The Morgan fingerprint density at radius 1 is 1.05 bits per heavy atom. The first-order valence-corrected chi connectivity index (χ1v) is 5.99. The third-order valence-corrected chi connectivity index (χ3v) is 3.46. The first kappa shape index (κ1) is 13.8. The summed E-state index contributed by atoms with van der Waals surface area (Å²) in [4.78, 5) is 0. The lowest BCUT2D eigenvalue weighted by Crippen LogP contribution is -2.00. The molecule has 4 heteroatoms. The van der Waals surface area contributed by atoms with Gasteiger partial charge in [0.15, 0.2) is 11.6 Å². The van der Waals surface area contributed by atoms with E-state index in [0.717, 1.165) is 17.5 Å². The SMILES string of the molecule is Cl.N[C@@H]1C[C@H]1c1ccc(-c2ccc(F)c(O)c2)cc1. The van der Waals surface area contributed by atoms with Crippen LogP contribution in [0.2, 0.25) is 0 Å². The quantitative estimate of drug-likeness (QED) is 0.885. The van der Waals surface area contributed by atoms with E-state index in [0.29, 0.717) is 12.0 Å². The maximum absolute atomic E-state index is 13.0. The second-order valence-electron chi connectivity index (χ2n) is 4.79. The highest BCUT2D eigenvalue weighted by Crippen LogP contribution is 2.39. The summed E-state index contributed by atoms with van der Waals surface area (Å²) in [6.07, 6.45) is 1.05. The third-order valence-electron chi connectivity index (χ3n) is 3.46. The highest BCUT2D eigenvalue weighted by atomic mass is 35.5. The highest BCUT2D eigenvalue weighted by Gasteiger charge is 2.34. The summed E-state index contributed by atoms with van der Waals surface area (Å²) in [5.41, 5.74) is 8.82. The summed E-state index contributed by atoms with van der Waals surface area (Å²) in [6.45, 7) is 0. The average molecular weight is 280 g/mol. The standard InChI is InChI=1S/C15H14FNO.ClH/c16-13-6-5-11(7-15(13)18)9-1-3-10(4-2-9)12-8-14(12)17;/h1-7,12,14,18H,8,17H2;1H/t12-,14+;/m0./s1. The molecule has 3 rings (SSSR count). The van der Waals surface area contributed by atoms with Crippen molar-refractivity contribution in [2.24, 2.45) is 5.73 Å². The van der Waals surface area contributed by atoms with Crippen LogP contribution in [0.1, 0.15) is 17.9 Å². The Kier molecular flexibility index (Phi) is 3.78. The monoisotopic (exact) mass is 279 g/mol. The number of rotatable bonds is 2. The Morgan fingerprint density at radius 3 is 2.16 bits per heavy atom. The maximum Gasteiger partial charge on any atom is 0.164 e. The predicted octanol–water partition coefficient (Wildman–Crippen LogP) is 3.43. The van der Waals surface area contributed by atoms with Gasteiger partial charge in [0.25, 0.3) is 0 Å². The average Bonchev–Trinajstić information content (AvgIpc) is 3.10. The number of benzene rings is 2. The van der Waals surface area contributed by atoms with Gasteiger partial charge in [-0.15, -0.1) is 12.4 Å². The molecule has 1 saturated carbocycles. The van der Waals surface area contributed by atoms with Crippen LogP contribution in [0.5, 0.6) is 5.75 Å². The van der Waals surface area contributed by atoms with Crippen LogP contribution in [0.15, 0.2) is 42.5 Å². The summed E-state index contributed by atoms with van der Waals surface area (Å²) >= 11 is 0. The van der Waals surface area contributed by atoms with Gasteiger partial charge in [-0.3, -0.25) is 0 Å². The Hall–Kier alpha value is -1.58. The molecule has 0 aromatic heterocycles. The van der Waals surface area contributed by atoms with Crippen LogP contribution in [0, 0.1) is 5.82 Å². The minimum atomic E-state index is -0.598. The molecule has 19 heavy (non-hydrogen) atoms. The van der Waals surface area contributed by atoms with E-state index in [1.54, 1.807) is 6.07 Å². The number of phenols is 1. The van der Waals surface area contributed by atoms with Gasteiger partial charge in [-0.1, -0.05) is 30.3 Å². The van der Waals surface area contributed by atoms with Gasteiger partial charge in [-0.2, -0.15) is 0 Å². The minimum Gasteiger partial charge on any atom is -0.505 e. The van der Waals surface area contributed by atoms with Crippen molar-refractivity contribution >= 4 is 12.4 Å². The highest BCUT2D eigenvalue weighted by molar-refractivity contribution is 5.85. The number of aromatic hydroxyl groups is 1. The fourth-order valence-electron chi connectivity index (χ4n) is 2.21. The molecule has 1 fully saturated rings. The van der Waals surface area contributed by atoms with Crippen molar-refractivity contribution in [3.63, 3.8) is 0 Å². The lowest BCUT2D eigenvalue weighted by atomic mass is 10.0. The largest absolute Gasteiger partial charge is 0.505 e. The van der Waals surface area contributed by atoms with Gasteiger partial charge < -0.3 is 10.8 Å². The molecule has 1 aliphatic carbocycles. The van der Waals surface area contributed by atoms with Gasteiger partial charge in [0.2, 0.25) is 0 Å². The summed E-state index contributed by atoms with van der Waals surface area (Å²) in [5.74, 6) is -0.430. The van der Waals surface area contributed by atoms with Crippen molar-refractivity contribution in [2.75, 3.05) is 0 Å². The van der Waals surface area contributed by atoms with Crippen LogP contribution >= 0.6 is 12.4 Å². The molecule has 3 N–H and O–H groups in total. The number of phenolic OH excluding ortho intramolecular Hbond substituents is 1. The Labute approximate surface area is 117 Å². The number of hydrogen-bond donors (Lipinski definition) is 2. The van der Waals surface area contributed by atoms with E-state index in [4.69, 9.17) is 5.73 Å². The van der Waals surface area contributed by atoms with Crippen LogP contribution in [0.25, 0.3) is 11.1 Å². The molecule has 2 nitrogen and oxygen atoms in total. The zero-order valence-electron chi connectivity index (χ0n) is 10.2. The van der Waals surface area contributed by atoms with Crippen LogP contribution < -0.4 is 5.73 Å². The van der Waals surface area contributed by atoms with Crippen LogP contribution in [-0.2, 0) is 0 Å². The second-order valence-corrected chi connectivity index (χ2v) is 4.79. The van der Waals surface area contributed by atoms with Crippen LogP contribution in [0.4, 0.5) is 4.39 Å². The fourth-order valence-corrected chi connectivity index (χ4v) is 2.21. The third kappa shape index (κ3) is 2.72. The predicted molar refractivity (Wildman–Crippen MR) is 76.1 cm³/mol. The molecule has 0 radical (unpaired) electrons. The van der Waals surface area contributed by atoms with Gasteiger partial charge in [-0.05, 0) is 35.2 Å². The summed E-state index contributed by atoms with van der Waals surface area (Å²) in [7, 11) is 0. The maximum atomic E-state index is 13.0. The Balaban J connectivity index is 0.00000133. The molecule has 2 aromatic rings. The molecule has 0 saturated heterocycles. The summed E-state index contributed by atoms with van der Waals surface area (Å²) in [6, 6.07) is 12.7. The van der Waals surface area contributed by atoms with Crippen LogP contribution in [-0.4, -0.2) is 11.1 Å². The molecule has 100 valence electrons. The first-order chi connectivity index (χ1) is 8.65. The van der Waals surface area contributed by atoms with E-state index in [9.17, 15) is 9.50 Å². The summed E-state index contributed by atoms with van der Waals surface area (Å²) < 4.78 is 13.0. The van der Waals surface area contributed by atoms with Gasteiger partial charge in [0.05, 0.1) is 0 Å². The first-order valence-electron chi connectivity index (χ1n) is 5.99. The normalized spacial score (nSPS) is 20.7. The topological polar surface area (TPSA) is 46.2 Å². The van der Waals surface area contributed by atoms with Gasteiger partial charge in [0.1, 0.15) is 0 Å². The Morgan fingerprint density at radius 2 is 1.63 bits per heavy atom. The molecule has 0 bridgehead atoms. The zero-order valence-corrected chi connectivity index (χ0v) is 11.0. The van der Waals surface area contributed by atoms with E-state index in [1.165, 1.54) is 17.7 Å². The van der Waals surface area contributed by atoms with E-state index in [2.05, 4.69) is 0 Å². The second kappa shape index (κ2) is 5.19. The molecule has 2 atom stereocenters. The lowest BCUT2D eigenvalue weighted by molar-refractivity contribution is 0.433. The molecule has 0 heterocycles. The molecular formula is C15H15ClFNO.